The first-order valence-corrected chi connectivity index (χ1v) is 10.3. The average molecular weight is 373 g/mol. The third-order valence-electron chi connectivity index (χ3n) is 3.47. The molecule has 0 amide bonds. The number of hydroxylamine groups is 1. The van der Waals surface area contributed by atoms with Gasteiger partial charge in [0.05, 0.1) is 12.6 Å². The van der Waals surface area contributed by atoms with E-state index in [9.17, 15) is 14.3 Å². The Labute approximate surface area is 151 Å². The second kappa shape index (κ2) is 13.1. The molecular weight excluding hydrogens is 341 g/mol. The molecule has 0 fully saturated rings. The highest BCUT2D eigenvalue weighted by atomic mass is 31.2. The van der Waals surface area contributed by atoms with E-state index >= 15 is 0 Å². The largest absolute Gasteiger partial charge is 0.481 e. The van der Waals surface area contributed by atoms with Crippen LogP contribution in [0.5, 0.6) is 0 Å². The second-order valence-corrected chi connectivity index (χ2v) is 8.31. The van der Waals surface area contributed by atoms with Gasteiger partial charge in [-0.2, -0.15) is 5.48 Å². The summed E-state index contributed by atoms with van der Waals surface area (Å²) < 4.78 is 16.2. The van der Waals surface area contributed by atoms with Gasteiger partial charge in [-0.3, -0.25) is 9.36 Å². The zero-order valence-electron chi connectivity index (χ0n) is 15.7. The SMILES string of the molecule is CC(C)=CCCC(C)=CCCC(C)=CCNOP(=O)(O)CCC(=O)O. The Morgan fingerprint density at radius 1 is 1.00 bits per heavy atom. The molecule has 6 nitrogen and oxygen atoms in total. The minimum absolute atomic E-state index is 0.298. The van der Waals surface area contributed by atoms with Gasteiger partial charge < -0.3 is 10.00 Å². The summed E-state index contributed by atoms with van der Waals surface area (Å²) in [4.78, 5) is 19.8. The summed E-state index contributed by atoms with van der Waals surface area (Å²) in [7, 11) is -3.89. The molecule has 0 aliphatic carbocycles. The number of carbonyl (C=O) groups is 1. The average Bonchev–Trinajstić information content (AvgIpc) is 2.49. The Kier molecular flexibility index (Phi) is 12.4. The molecule has 0 bridgehead atoms. The molecule has 0 aliphatic heterocycles. The Bertz CT molecular complexity index is 548. The lowest BCUT2D eigenvalue weighted by Crippen LogP contribution is -2.15. The predicted octanol–water partition coefficient (Wildman–Crippen LogP) is 4.59. The maximum absolute atomic E-state index is 11.5. The van der Waals surface area contributed by atoms with Crippen molar-refractivity contribution in [3.63, 3.8) is 0 Å². The molecule has 0 rings (SSSR count). The van der Waals surface area contributed by atoms with Crippen molar-refractivity contribution < 1.29 is 24.0 Å². The summed E-state index contributed by atoms with van der Waals surface area (Å²) in [5.74, 6) is -1.13. The van der Waals surface area contributed by atoms with Gasteiger partial charge in [-0.15, -0.1) is 0 Å². The molecule has 0 heterocycles. The number of nitrogens with one attached hydrogen (secondary N) is 1. The maximum atomic E-state index is 11.5. The van der Waals surface area contributed by atoms with E-state index in [0.29, 0.717) is 6.54 Å². The zero-order valence-corrected chi connectivity index (χ0v) is 16.6. The molecule has 0 radical (unpaired) electrons. The van der Waals surface area contributed by atoms with Crippen LogP contribution in [0.3, 0.4) is 0 Å². The summed E-state index contributed by atoms with van der Waals surface area (Å²) in [5, 5.41) is 8.49. The highest BCUT2D eigenvalue weighted by molar-refractivity contribution is 7.52. The number of aliphatic carboxylic acids is 1. The lowest BCUT2D eigenvalue weighted by Gasteiger charge is -2.10. The number of allylic oxidation sites excluding steroid dienone is 5. The van der Waals surface area contributed by atoms with E-state index in [0.717, 1.165) is 31.3 Å². The van der Waals surface area contributed by atoms with Crippen LogP contribution < -0.4 is 5.48 Å². The number of rotatable bonds is 13. The number of hydrogen-bond donors (Lipinski definition) is 3. The van der Waals surface area contributed by atoms with Gasteiger partial charge in [-0.25, -0.2) is 4.62 Å². The van der Waals surface area contributed by atoms with E-state index in [-0.39, 0.29) is 0 Å². The van der Waals surface area contributed by atoms with Crippen LogP contribution in [0, 0.1) is 0 Å². The molecule has 1 unspecified atom stereocenters. The number of carboxylic acids is 1. The number of hydrogen-bond acceptors (Lipinski definition) is 4. The lowest BCUT2D eigenvalue weighted by molar-refractivity contribution is -0.136. The molecule has 144 valence electrons. The monoisotopic (exact) mass is 373 g/mol. The van der Waals surface area contributed by atoms with Crippen LogP contribution in [0.15, 0.2) is 34.9 Å². The molecule has 0 saturated heterocycles. The van der Waals surface area contributed by atoms with E-state index in [1.807, 2.05) is 13.0 Å². The van der Waals surface area contributed by atoms with Crippen LogP contribution in [-0.4, -0.2) is 28.7 Å². The maximum Gasteiger partial charge on any atom is 0.344 e. The third kappa shape index (κ3) is 16.0. The van der Waals surface area contributed by atoms with Gasteiger partial charge in [-0.05, 0) is 53.4 Å². The Morgan fingerprint density at radius 3 is 2.12 bits per heavy atom. The molecule has 25 heavy (non-hydrogen) atoms. The van der Waals surface area contributed by atoms with Crippen molar-refractivity contribution in [2.75, 3.05) is 12.7 Å². The van der Waals surface area contributed by atoms with E-state index in [4.69, 9.17) is 5.11 Å². The van der Waals surface area contributed by atoms with E-state index < -0.39 is 26.1 Å². The van der Waals surface area contributed by atoms with Crippen molar-refractivity contribution in [3.8, 4) is 0 Å². The van der Waals surface area contributed by atoms with Gasteiger partial charge in [0.15, 0.2) is 0 Å². The minimum atomic E-state index is -3.89. The normalized spacial score (nSPS) is 14.9. The lowest BCUT2D eigenvalue weighted by atomic mass is 10.1. The van der Waals surface area contributed by atoms with Crippen LogP contribution in [0.1, 0.15) is 59.8 Å². The summed E-state index contributed by atoms with van der Waals surface area (Å²) in [5.41, 5.74) is 6.29. The fourth-order valence-corrected chi connectivity index (χ4v) is 2.82. The van der Waals surface area contributed by atoms with Crippen LogP contribution in [0.25, 0.3) is 0 Å². The van der Waals surface area contributed by atoms with Crippen LogP contribution in [0.2, 0.25) is 0 Å². The highest BCUT2D eigenvalue weighted by Gasteiger charge is 2.20. The van der Waals surface area contributed by atoms with Crippen LogP contribution in [-0.2, 0) is 14.0 Å². The van der Waals surface area contributed by atoms with Gasteiger partial charge in [0.1, 0.15) is 0 Å². The summed E-state index contributed by atoms with van der Waals surface area (Å²) in [6, 6.07) is 0. The third-order valence-corrected chi connectivity index (χ3v) is 4.68. The zero-order chi connectivity index (χ0) is 19.3. The van der Waals surface area contributed by atoms with Crippen molar-refractivity contribution in [2.24, 2.45) is 0 Å². The summed E-state index contributed by atoms with van der Waals surface area (Å²) in [6.07, 6.45) is 9.59. The highest BCUT2D eigenvalue weighted by Crippen LogP contribution is 2.40. The van der Waals surface area contributed by atoms with E-state index in [2.05, 4.69) is 43.0 Å². The molecule has 3 N–H and O–H groups in total. The molecule has 0 spiro atoms. The van der Waals surface area contributed by atoms with Crippen molar-refractivity contribution in [1.82, 2.24) is 5.48 Å². The molecule has 1 atom stereocenters. The van der Waals surface area contributed by atoms with Gasteiger partial charge in [0.25, 0.3) is 0 Å². The standard InChI is InChI=1S/C18H32NO5P/c1-15(2)7-5-8-16(3)9-6-10-17(4)11-13-19-24-25(22,23)14-12-18(20)21/h7,9,11,19H,5-6,8,10,12-14H2,1-4H3,(H,20,21)(H,22,23). The van der Waals surface area contributed by atoms with Gasteiger partial charge in [-0.1, -0.05) is 34.9 Å². The van der Waals surface area contributed by atoms with Gasteiger partial charge in [0.2, 0.25) is 0 Å². The van der Waals surface area contributed by atoms with E-state index in [1.165, 1.54) is 11.1 Å². The van der Waals surface area contributed by atoms with Crippen molar-refractivity contribution in [1.29, 1.82) is 0 Å². The first kappa shape index (κ1) is 23.8. The van der Waals surface area contributed by atoms with Gasteiger partial charge >= 0.3 is 13.6 Å². The Balaban J connectivity index is 4.00. The first-order chi connectivity index (χ1) is 11.6. The van der Waals surface area contributed by atoms with Crippen molar-refractivity contribution in [2.45, 2.75) is 59.8 Å². The summed E-state index contributed by atoms with van der Waals surface area (Å²) in [6.45, 7) is 8.65. The van der Waals surface area contributed by atoms with Crippen molar-refractivity contribution >= 4 is 13.6 Å². The van der Waals surface area contributed by atoms with Crippen molar-refractivity contribution in [3.05, 3.63) is 34.9 Å². The quantitative estimate of drug-likeness (QED) is 0.189. The molecule has 0 aliphatic rings. The molecule has 0 aromatic carbocycles. The second-order valence-electron chi connectivity index (χ2n) is 6.40. The molecule has 0 aromatic heterocycles. The predicted molar refractivity (Wildman–Crippen MR) is 101 cm³/mol. The molecule has 7 heteroatoms. The van der Waals surface area contributed by atoms with E-state index in [1.54, 1.807) is 0 Å². The number of carboxylic acid groups (broad SMARTS) is 1. The minimum Gasteiger partial charge on any atom is -0.481 e. The van der Waals surface area contributed by atoms with Crippen LogP contribution >= 0.6 is 7.60 Å². The fourth-order valence-electron chi connectivity index (χ4n) is 1.98. The molecular formula is C18H32NO5P. The Morgan fingerprint density at radius 2 is 1.56 bits per heavy atom. The smallest absolute Gasteiger partial charge is 0.344 e. The first-order valence-electron chi connectivity index (χ1n) is 8.52. The van der Waals surface area contributed by atoms with Gasteiger partial charge in [0, 0.05) is 6.54 Å². The van der Waals surface area contributed by atoms with Crippen LogP contribution in [0.4, 0.5) is 0 Å². The summed E-state index contributed by atoms with van der Waals surface area (Å²) >= 11 is 0. The topological polar surface area (TPSA) is 95.9 Å². The molecule has 0 aromatic rings. The molecule has 0 saturated carbocycles. The fraction of sp³-hybridized carbons (Fsp3) is 0.611. The Hall–Kier alpha value is -1.20.